The number of guanidine groups is 1. The number of ether oxygens (including phenoxy) is 3. The highest BCUT2D eigenvalue weighted by Gasteiger charge is 2.00. The van der Waals surface area contributed by atoms with Crippen molar-refractivity contribution in [1.29, 1.82) is 0 Å². The Morgan fingerprint density at radius 2 is 1.69 bits per heavy atom. The van der Waals surface area contributed by atoms with Crippen molar-refractivity contribution >= 4 is 5.96 Å². The fourth-order valence-electron chi connectivity index (χ4n) is 2.57. The molecule has 0 fully saturated rings. The molecule has 0 bridgehead atoms. The van der Waals surface area contributed by atoms with E-state index in [1.54, 1.807) is 7.11 Å². The standard InChI is InChI=1S/C23H33N3O3/c1-3-24-23(25-14-7-15-28-17-16-27-2)26-18-20-10-12-22(13-11-20)29-19-21-8-5-4-6-9-21/h4-6,8-13H,3,7,14-19H2,1-2H3,(H2,24,25,26). The van der Waals surface area contributed by atoms with Gasteiger partial charge in [0.2, 0.25) is 0 Å². The summed E-state index contributed by atoms with van der Waals surface area (Å²) in [6.07, 6.45) is 0.918. The maximum Gasteiger partial charge on any atom is 0.191 e. The van der Waals surface area contributed by atoms with E-state index in [1.165, 1.54) is 0 Å². The number of hydrogen-bond donors (Lipinski definition) is 2. The first-order valence-corrected chi connectivity index (χ1v) is 10.2. The lowest BCUT2D eigenvalue weighted by Crippen LogP contribution is -2.38. The van der Waals surface area contributed by atoms with Gasteiger partial charge in [-0.25, -0.2) is 4.99 Å². The minimum atomic E-state index is 0.571. The first-order valence-electron chi connectivity index (χ1n) is 10.2. The van der Waals surface area contributed by atoms with Crippen molar-refractivity contribution < 1.29 is 14.2 Å². The van der Waals surface area contributed by atoms with Crippen LogP contribution in [0.1, 0.15) is 24.5 Å². The maximum absolute atomic E-state index is 5.83. The molecule has 2 N–H and O–H groups in total. The number of rotatable bonds is 13. The molecule has 0 aromatic heterocycles. The summed E-state index contributed by atoms with van der Waals surface area (Å²) in [7, 11) is 1.68. The fraction of sp³-hybridized carbons (Fsp3) is 0.435. The quantitative estimate of drug-likeness (QED) is 0.307. The van der Waals surface area contributed by atoms with Crippen LogP contribution in [-0.4, -0.2) is 46.0 Å². The van der Waals surface area contributed by atoms with E-state index in [0.29, 0.717) is 33.0 Å². The van der Waals surface area contributed by atoms with Gasteiger partial charge in [0.05, 0.1) is 19.8 Å². The molecular weight excluding hydrogens is 366 g/mol. The first-order chi connectivity index (χ1) is 14.3. The summed E-state index contributed by atoms with van der Waals surface area (Å²) in [4.78, 5) is 4.65. The smallest absolute Gasteiger partial charge is 0.191 e. The van der Waals surface area contributed by atoms with Gasteiger partial charge in [-0.15, -0.1) is 0 Å². The van der Waals surface area contributed by atoms with Crippen LogP contribution in [0.2, 0.25) is 0 Å². The van der Waals surface area contributed by atoms with Gasteiger partial charge in [-0.05, 0) is 36.6 Å². The fourth-order valence-corrected chi connectivity index (χ4v) is 2.57. The van der Waals surface area contributed by atoms with Gasteiger partial charge >= 0.3 is 0 Å². The summed E-state index contributed by atoms with van der Waals surface area (Å²) in [6.45, 7) is 6.85. The van der Waals surface area contributed by atoms with Crippen LogP contribution in [-0.2, 0) is 22.6 Å². The average molecular weight is 400 g/mol. The summed E-state index contributed by atoms with van der Waals surface area (Å²) in [6, 6.07) is 18.2. The monoisotopic (exact) mass is 399 g/mol. The molecule has 6 heteroatoms. The van der Waals surface area contributed by atoms with E-state index in [9.17, 15) is 0 Å². The molecular formula is C23H33N3O3. The molecule has 0 radical (unpaired) electrons. The van der Waals surface area contributed by atoms with Crippen molar-refractivity contribution in [2.75, 3.05) is 40.0 Å². The first kappa shape index (κ1) is 22.7. The summed E-state index contributed by atoms with van der Waals surface area (Å²) in [5, 5.41) is 6.60. The zero-order valence-electron chi connectivity index (χ0n) is 17.5. The van der Waals surface area contributed by atoms with Crippen molar-refractivity contribution in [3.05, 3.63) is 65.7 Å². The Bertz CT molecular complexity index is 690. The second-order valence-corrected chi connectivity index (χ2v) is 6.50. The van der Waals surface area contributed by atoms with Crippen molar-refractivity contribution in [3.8, 4) is 5.75 Å². The molecule has 0 aliphatic carbocycles. The molecule has 29 heavy (non-hydrogen) atoms. The van der Waals surface area contributed by atoms with Crippen LogP contribution in [0.25, 0.3) is 0 Å². The van der Waals surface area contributed by atoms with Crippen LogP contribution >= 0.6 is 0 Å². The van der Waals surface area contributed by atoms with Crippen LogP contribution < -0.4 is 15.4 Å². The Labute approximate surface area is 174 Å². The van der Waals surface area contributed by atoms with E-state index in [-0.39, 0.29) is 0 Å². The zero-order valence-corrected chi connectivity index (χ0v) is 17.5. The van der Waals surface area contributed by atoms with Crippen LogP contribution in [0.5, 0.6) is 5.75 Å². The van der Waals surface area contributed by atoms with Crippen molar-refractivity contribution in [2.45, 2.75) is 26.5 Å². The van der Waals surface area contributed by atoms with E-state index in [4.69, 9.17) is 14.2 Å². The van der Waals surface area contributed by atoms with E-state index in [1.807, 2.05) is 30.3 Å². The molecule has 0 unspecified atom stereocenters. The number of methoxy groups -OCH3 is 1. The minimum Gasteiger partial charge on any atom is -0.489 e. The second kappa shape index (κ2) is 14.4. The highest BCUT2D eigenvalue weighted by molar-refractivity contribution is 5.79. The third kappa shape index (κ3) is 9.96. The predicted molar refractivity (Wildman–Crippen MR) is 117 cm³/mol. The van der Waals surface area contributed by atoms with E-state index < -0.39 is 0 Å². The Morgan fingerprint density at radius 1 is 0.897 bits per heavy atom. The molecule has 0 saturated carbocycles. The van der Waals surface area contributed by atoms with Gasteiger partial charge in [-0.1, -0.05) is 42.5 Å². The largest absolute Gasteiger partial charge is 0.489 e. The van der Waals surface area contributed by atoms with Gasteiger partial charge in [-0.3, -0.25) is 0 Å². The zero-order chi connectivity index (χ0) is 20.6. The predicted octanol–water partition coefficient (Wildman–Crippen LogP) is 3.37. The normalized spacial score (nSPS) is 11.3. The Balaban J connectivity index is 1.73. The molecule has 0 heterocycles. The molecule has 0 amide bonds. The van der Waals surface area contributed by atoms with Crippen molar-refractivity contribution in [3.63, 3.8) is 0 Å². The van der Waals surface area contributed by atoms with E-state index in [0.717, 1.165) is 42.3 Å². The van der Waals surface area contributed by atoms with Gasteiger partial charge in [0, 0.05) is 26.8 Å². The summed E-state index contributed by atoms with van der Waals surface area (Å²) >= 11 is 0. The highest BCUT2D eigenvalue weighted by atomic mass is 16.5. The lowest BCUT2D eigenvalue weighted by atomic mass is 10.2. The molecule has 2 aromatic carbocycles. The molecule has 0 spiro atoms. The third-order valence-electron chi connectivity index (χ3n) is 4.13. The van der Waals surface area contributed by atoms with E-state index >= 15 is 0 Å². The second-order valence-electron chi connectivity index (χ2n) is 6.50. The molecule has 0 aliphatic heterocycles. The number of nitrogens with one attached hydrogen (secondary N) is 2. The van der Waals surface area contributed by atoms with Gasteiger partial charge in [-0.2, -0.15) is 0 Å². The van der Waals surface area contributed by atoms with E-state index in [2.05, 4.69) is 46.8 Å². The van der Waals surface area contributed by atoms with Gasteiger partial charge in [0.15, 0.2) is 5.96 Å². The van der Waals surface area contributed by atoms with Crippen LogP contribution in [0.3, 0.4) is 0 Å². The summed E-state index contributed by atoms with van der Waals surface area (Å²) in [5.41, 5.74) is 2.30. The van der Waals surface area contributed by atoms with Crippen molar-refractivity contribution in [2.24, 2.45) is 4.99 Å². The van der Waals surface area contributed by atoms with Crippen molar-refractivity contribution in [1.82, 2.24) is 10.6 Å². The molecule has 0 atom stereocenters. The molecule has 0 aliphatic rings. The Hall–Kier alpha value is -2.57. The molecule has 2 aromatic rings. The Kier molecular flexibility index (Phi) is 11.3. The summed E-state index contributed by atoms with van der Waals surface area (Å²) in [5.74, 6) is 1.67. The van der Waals surface area contributed by atoms with Gasteiger partial charge in [0.25, 0.3) is 0 Å². The molecule has 6 nitrogen and oxygen atoms in total. The maximum atomic E-state index is 5.83. The lowest BCUT2D eigenvalue weighted by molar-refractivity contribution is 0.0698. The Morgan fingerprint density at radius 3 is 2.41 bits per heavy atom. The number of hydrogen-bond acceptors (Lipinski definition) is 4. The van der Waals surface area contributed by atoms with Crippen LogP contribution in [0.4, 0.5) is 0 Å². The van der Waals surface area contributed by atoms with Gasteiger partial charge < -0.3 is 24.8 Å². The number of benzene rings is 2. The summed E-state index contributed by atoms with van der Waals surface area (Å²) < 4.78 is 16.3. The molecule has 2 rings (SSSR count). The lowest BCUT2D eigenvalue weighted by Gasteiger charge is -2.11. The SMILES string of the molecule is CCNC(=NCc1ccc(OCc2ccccc2)cc1)NCCCOCCOC. The van der Waals surface area contributed by atoms with Crippen LogP contribution in [0.15, 0.2) is 59.6 Å². The molecule has 158 valence electrons. The van der Waals surface area contributed by atoms with Gasteiger partial charge in [0.1, 0.15) is 12.4 Å². The minimum absolute atomic E-state index is 0.571. The topological polar surface area (TPSA) is 64.1 Å². The van der Waals surface area contributed by atoms with Crippen LogP contribution in [0, 0.1) is 0 Å². The average Bonchev–Trinajstić information content (AvgIpc) is 2.77. The molecule has 0 saturated heterocycles. The number of aliphatic imine (C=N–C) groups is 1. The highest BCUT2D eigenvalue weighted by Crippen LogP contribution is 2.14. The number of nitrogens with zero attached hydrogens (tertiary/aromatic N) is 1. The third-order valence-corrected chi connectivity index (χ3v) is 4.13.